The molecule has 0 aliphatic carbocycles. The number of nitrogens with two attached hydrogens (primary N) is 1. The number of halogens is 1. The molecule has 1 heterocycles. The average molecular weight is 568 g/mol. The molecule has 0 aliphatic heterocycles. The molecule has 1 atom stereocenters. The number of carbonyl (C=O) groups is 1. The summed E-state index contributed by atoms with van der Waals surface area (Å²) in [7, 11) is 3.03. The van der Waals surface area contributed by atoms with Gasteiger partial charge < -0.3 is 44.7 Å². The molecule has 1 unspecified atom stereocenters. The summed E-state index contributed by atoms with van der Waals surface area (Å²) in [6.45, 7) is 0.394. The van der Waals surface area contributed by atoms with Crippen molar-refractivity contribution in [3.63, 3.8) is 0 Å². The SMILES string of the molecule is COCCOCOc1c(-c2cc3cc(C(N)=NO)ccc3[nH]2)cc(C(F)C(=O)O)cc1-c1ccccc1OCOC. The average Bonchev–Trinajstić information content (AvgIpc) is 3.42. The minimum Gasteiger partial charge on any atom is -0.479 e. The monoisotopic (exact) mass is 567 g/mol. The zero-order valence-corrected chi connectivity index (χ0v) is 22.4. The first-order valence-corrected chi connectivity index (χ1v) is 12.4. The quantitative estimate of drug-likeness (QED) is 0.0424. The van der Waals surface area contributed by atoms with Crippen molar-refractivity contribution in [1.29, 1.82) is 0 Å². The summed E-state index contributed by atoms with van der Waals surface area (Å²) in [5, 5.41) is 22.3. The van der Waals surface area contributed by atoms with Gasteiger partial charge >= 0.3 is 5.97 Å². The normalized spacial score (nSPS) is 12.4. The molecule has 0 radical (unpaired) electrons. The smallest absolute Gasteiger partial charge is 0.343 e. The number of aromatic nitrogens is 1. The summed E-state index contributed by atoms with van der Waals surface area (Å²) in [6, 6.07) is 16.7. The lowest BCUT2D eigenvalue weighted by Gasteiger charge is -2.20. The Hall–Kier alpha value is -4.65. The summed E-state index contributed by atoms with van der Waals surface area (Å²) >= 11 is 0. The molecule has 0 fully saturated rings. The van der Waals surface area contributed by atoms with Gasteiger partial charge in [-0.2, -0.15) is 0 Å². The molecule has 1 aromatic heterocycles. The topological polar surface area (TPSA) is 158 Å². The summed E-state index contributed by atoms with van der Waals surface area (Å²) in [5.41, 5.74) is 8.61. The van der Waals surface area contributed by atoms with E-state index in [1.54, 1.807) is 55.6 Å². The third kappa shape index (κ3) is 6.74. The highest BCUT2D eigenvalue weighted by Gasteiger charge is 2.26. The van der Waals surface area contributed by atoms with Crippen LogP contribution in [0.25, 0.3) is 33.3 Å². The van der Waals surface area contributed by atoms with Crippen LogP contribution in [0.2, 0.25) is 0 Å². The van der Waals surface area contributed by atoms with E-state index in [0.717, 1.165) is 0 Å². The van der Waals surface area contributed by atoms with Crippen molar-refractivity contribution in [2.75, 3.05) is 41.0 Å². The molecule has 0 amide bonds. The molecule has 0 bridgehead atoms. The van der Waals surface area contributed by atoms with Gasteiger partial charge in [-0.15, -0.1) is 0 Å². The lowest BCUT2D eigenvalue weighted by molar-refractivity contribution is -0.143. The van der Waals surface area contributed by atoms with Gasteiger partial charge in [0, 0.05) is 47.4 Å². The Balaban J connectivity index is 1.94. The first-order valence-electron chi connectivity index (χ1n) is 12.4. The molecule has 0 spiro atoms. The molecular formula is C29H30FN3O8. The lowest BCUT2D eigenvalue weighted by atomic mass is 9.94. The first kappa shape index (κ1) is 29.3. The number of nitrogens with zero attached hydrogens (tertiary/aromatic N) is 1. The summed E-state index contributed by atoms with van der Waals surface area (Å²) in [4.78, 5) is 15.0. The Morgan fingerprint density at radius 3 is 2.49 bits per heavy atom. The maximum absolute atomic E-state index is 15.1. The summed E-state index contributed by atoms with van der Waals surface area (Å²) < 4.78 is 42.6. The molecule has 11 nitrogen and oxygen atoms in total. The predicted molar refractivity (Wildman–Crippen MR) is 149 cm³/mol. The number of methoxy groups -OCH3 is 2. The minimum absolute atomic E-state index is 0.0502. The van der Waals surface area contributed by atoms with Crippen LogP contribution in [-0.4, -0.2) is 68.1 Å². The first-order chi connectivity index (χ1) is 19.9. The van der Waals surface area contributed by atoms with E-state index in [2.05, 4.69) is 10.1 Å². The number of hydrogen-bond acceptors (Lipinski definition) is 8. The van der Waals surface area contributed by atoms with Crippen molar-refractivity contribution in [1.82, 2.24) is 4.98 Å². The van der Waals surface area contributed by atoms with Gasteiger partial charge in [-0.25, -0.2) is 9.18 Å². The summed E-state index contributed by atoms with van der Waals surface area (Å²) in [5.74, 6) is -0.998. The summed E-state index contributed by atoms with van der Waals surface area (Å²) in [6.07, 6.45) is -2.32. The standard InChI is InChI=1S/C29H30FN3O8/c1-37-9-10-39-16-41-27-21(20-5-3-4-6-25(20)40-15-38-2)12-19(26(30)29(34)35)13-22(27)24-14-18-11-17(28(31)33-36)7-8-23(18)32-24/h3-8,11-14,26,32,36H,9-10,15-16H2,1-2H3,(H2,31,33)(H,34,35). The van der Waals surface area contributed by atoms with Crippen LogP contribution in [0.1, 0.15) is 17.3 Å². The molecule has 41 heavy (non-hydrogen) atoms. The van der Waals surface area contributed by atoms with Gasteiger partial charge in [0.1, 0.15) is 11.5 Å². The van der Waals surface area contributed by atoms with E-state index >= 15 is 4.39 Å². The molecule has 4 aromatic rings. The number of alkyl halides is 1. The van der Waals surface area contributed by atoms with E-state index in [1.165, 1.54) is 19.2 Å². The second-order valence-electron chi connectivity index (χ2n) is 8.83. The fourth-order valence-electron chi connectivity index (χ4n) is 4.23. The highest BCUT2D eigenvalue weighted by Crippen LogP contribution is 2.45. The fraction of sp³-hybridized carbons (Fsp3) is 0.241. The van der Waals surface area contributed by atoms with E-state index in [4.69, 9.17) is 34.6 Å². The van der Waals surface area contributed by atoms with Crippen molar-refractivity contribution < 1.29 is 43.2 Å². The maximum Gasteiger partial charge on any atom is 0.343 e. The second kappa shape index (κ2) is 13.6. The van der Waals surface area contributed by atoms with Crippen LogP contribution in [0.5, 0.6) is 11.5 Å². The number of hydrogen-bond donors (Lipinski definition) is 4. The second-order valence-corrected chi connectivity index (χ2v) is 8.83. The van der Waals surface area contributed by atoms with Crippen LogP contribution in [-0.2, 0) is 19.0 Å². The lowest BCUT2D eigenvalue weighted by Crippen LogP contribution is -2.12. The number of amidine groups is 1. The molecule has 0 aliphatic rings. The highest BCUT2D eigenvalue weighted by molar-refractivity contribution is 6.01. The Labute approximate surface area is 234 Å². The number of aliphatic carboxylic acids is 1. The van der Waals surface area contributed by atoms with Crippen LogP contribution in [0, 0.1) is 0 Å². The largest absolute Gasteiger partial charge is 0.479 e. The molecule has 12 heteroatoms. The molecule has 0 saturated heterocycles. The van der Waals surface area contributed by atoms with E-state index in [0.29, 0.717) is 57.0 Å². The van der Waals surface area contributed by atoms with Crippen molar-refractivity contribution in [2.24, 2.45) is 10.9 Å². The zero-order chi connectivity index (χ0) is 29.4. The van der Waals surface area contributed by atoms with Gasteiger partial charge in [0.05, 0.1) is 18.9 Å². The van der Waals surface area contributed by atoms with Crippen LogP contribution < -0.4 is 15.2 Å². The number of aromatic amines is 1. The Morgan fingerprint density at radius 1 is 0.976 bits per heavy atom. The highest BCUT2D eigenvalue weighted by atomic mass is 19.1. The van der Waals surface area contributed by atoms with Gasteiger partial charge in [-0.1, -0.05) is 23.4 Å². The van der Waals surface area contributed by atoms with E-state index in [9.17, 15) is 9.90 Å². The minimum atomic E-state index is -2.32. The number of para-hydroxylation sites is 1. The number of H-pyrrole nitrogens is 1. The zero-order valence-electron chi connectivity index (χ0n) is 22.4. The van der Waals surface area contributed by atoms with Gasteiger partial charge in [0.15, 0.2) is 19.4 Å². The van der Waals surface area contributed by atoms with Crippen LogP contribution in [0.3, 0.4) is 0 Å². The molecule has 0 saturated carbocycles. The number of benzene rings is 3. The third-order valence-corrected chi connectivity index (χ3v) is 6.16. The van der Waals surface area contributed by atoms with Gasteiger partial charge in [0.25, 0.3) is 0 Å². The number of oxime groups is 1. The molecular weight excluding hydrogens is 537 g/mol. The van der Waals surface area contributed by atoms with E-state index in [1.807, 2.05) is 0 Å². The number of ether oxygens (including phenoxy) is 5. The Kier molecular flexibility index (Phi) is 9.74. The number of carboxylic acid groups (broad SMARTS) is 1. The van der Waals surface area contributed by atoms with Gasteiger partial charge in [0.2, 0.25) is 6.17 Å². The predicted octanol–water partition coefficient (Wildman–Crippen LogP) is 4.67. The van der Waals surface area contributed by atoms with Crippen molar-refractivity contribution in [3.05, 3.63) is 71.8 Å². The molecule has 4 rings (SSSR count). The number of carboxylic acids is 1. The van der Waals surface area contributed by atoms with Crippen molar-refractivity contribution in [3.8, 4) is 33.9 Å². The van der Waals surface area contributed by atoms with Gasteiger partial charge in [-0.3, -0.25) is 0 Å². The van der Waals surface area contributed by atoms with E-state index < -0.39 is 12.1 Å². The molecule has 5 N–H and O–H groups in total. The van der Waals surface area contributed by atoms with Crippen LogP contribution >= 0.6 is 0 Å². The van der Waals surface area contributed by atoms with Crippen LogP contribution in [0.15, 0.2) is 65.8 Å². The number of rotatable bonds is 14. The maximum atomic E-state index is 15.1. The number of fused-ring (bicyclic) bond motifs is 1. The van der Waals surface area contributed by atoms with Crippen molar-refractivity contribution >= 4 is 22.7 Å². The fourth-order valence-corrected chi connectivity index (χ4v) is 4.23. The Bertz CT molecular complexity index is 1540. The van der Waals surface area contributed by atoms with E-state index in [-0.39, 0.29) is 31.6 Å². The molecule has 3 aromatic carbocycles. The molecule has 216 valence electrons. The van der Waals surface area contributed by atoms with Crippen LogP contribution in [0.4, 0.5) is 4.39 Å². The number of nitrogens with one attached hydrogen (secondary N) is 1. The van der Waals surface area contributed by atoms with Gasteiger partial charge in [-0.05, 0) is 48.0 Å². The Morgan fingerprint density at radius 2 is 1.76 bits per heavy atom. The third-order valence-electron chi connectivity index (χ3n) is 6.16. The van der Waals surface area contributed by atoms with Crippen molar-refractivity contribution in [2.45, 2.75) is 6.17 Å².